The summed E-state index contributed by atoms with van der Waals surface area (Å²) >= 11 is 0. The predicted octanol–water partition coefficient (Wildman–Crippen LogP) is 2.70. The molecule has 0 radical (unpaired) electrons. The van der Waals surface area contributed by atoms with Gasteiger partial charge in [-0.1, -0.05) is 0 Å². The van der Waals surface area contributed by atoms with E-state index in [1.54, 1.807) is 19.5 Å². The Morgan fingerprint density at radius 3 is 2.38 bits per heavy atom. The molecule has 82 valence electrons. The third-order valence-corrected chi connectivity index (χ3v) is 2.34. The molecule has 0 fully saturated rings. The maximum absolute atomic E-state index is 5.10. The SMILES string of the molecule is COc1ccc(NCc2ccncc2)cc1. The minimum Gasteiger partial charge on any atom is -0.497 e. The molecule has 0 spiro atoms. The summed E-state index contributed by atoms with van der Waals surface area (Å²) in [5, 5.41) is 3.33. The number of benzene rings is 1. The summed E-state index contributed by atoms with van der Waals surface area (Å²) < 4.78 is 5.10. The standard InChI is InChI=1S/C13H14N2O/c1-16-13-4-2-12(3-5-13)15-10-11-6-8-14-9-7-11/h2-9,15H,10H2,1H3. The molecule has 0 atom stereocenters. The quantitative estimate of drug-likeness (QED) is 0.849. The van der Waals surface area contributed by atoms with Crippen LogP contribution in [-0.2, 0) is 6.54 Å². The molecular formula is C13H14N2O. The van der Waals surface area contributed by atoms with Crippen LogP contribution >= 0.6 is 0 Å². The number of methoxy groups -OCH3 is 1. The molecule has 0 saturated carbocycles. The largest absolute Gasteiger partial charge is 0.497 e. The van der Waals surface area contributed by atoms with Crippen molar-refractivity contribution in [2.45, 2.75) is 6.54 Å². The molecule has 2 rings (SSSR count). The molecule has 3 nitrogen and oxygen atoms in total. The first-order chi connectivity index (χ1) is 7.88. The van der Waals surface area contributed by atoms with Crippen LogP contribution in [0.25, 0.3) is 0 Å². The number of aromatic nitrogens is 1. The molecule has 0 unspecified atom stereocenters. The van der Waals surface area contributed by atoms with E-state index in [0.29, 0.717) is 0 Å². The molecule has 3 heteroatoms. The highest BCUT2D eigenvalue weighted by Gasteiger charge is 1.94. The number of ether oxygens (including phenoxy) is 1. The van der Waals surface area contributed by atoms with Crippen molar-refractivity contribution in [2.24, 2.45) is 0 Å². The van der Waals surface area contributed by atoms with Crippen molar-refractivity contribution >= 4 is 5.69 Å². The molecule has 0 saturated heterocycles. The van der Waals surface area contributed by atoms with Gasteiger partial charge in [-0.3, -0.25) is 4.98 Å². The maximum atomic E-state index is 5.10. The number of nitrogens with one attached hydrogen (secondary N) is 1. The predicted molar refractivity (Wildman–Crippen MR) is 64.6 cm³/mol. The summed E-state index contributed by atoms with van der Waals surface area (Å²) in [4.78, 5) is 3.98. The average Bonchev–Trinajstić information content (AvgIpc) is 2.38. The smallest absolute Gasteiger partial charge is 0.119 e. The van der Waals surface area contributed by atoms with Crippen LogP contribution in [-0.4, -0.2) is 12.1 Å². The lowest BCUT2D eigenvalue weighted by Crippen LogP contribution is -1.99. The molecule has 0 aliphatic carbocycles. The molecule has 16 heavy (non-hydrogen) atoms. The summed E-state index contributed by atoms with van der Waals surface area (Å²) in [7, 11) is 1.67. The van der Waals surface area contributed by atoms with E-state index in [9.17, 15) is 0 Å². The van der Waals surface area contributed by atoms with E-state index in [-0.39, 0.29) is 0 Å². The van der Waals surface area contributed by atoms with Crippen LogP contribution < -0.4 is 10.1 Å². The first kappa shape index (κ1) is 10.5. The van der Waals surface area contributed by atoms with Crippen LogP contribution in [0, 0.1) is 0 Å². The van der Waals surface area contributed by atoms with Crippen molar-refractivity contribution in [1.82, 2.24) is 4.98 Å². The van der Waals surface area contributed by atoms with Gasteiger partial charge in [-0.2, -0.15) is 0 Å². The number of rotatable bonds is 4. The zero-order valence-electron chi connectivity index (χ0n) is 9.18. The van der Waals surface area contributed by atoms with Gasteiger partial charge >= 0.3 is 0 Å². The van der Waals surface area contributed by atoms with Gasteiger partial charge < -0.3 is 10.1 Å². The van der Waals surface area contributed by atoms with Crippen LogP contribution in [0.4, 0.5) is 5.69 Å². The van der Waals surface area contributed by atoms with E-state index in [1.807, 2.05) is 36.4 Å². The van der Waals surface area contributed by atoms with E-state index in [4.69, 9.17) is 4.74 Å². The number of pyridine rings is 1. The van der Waals surface area contributed by atoms with Crippen molar-refractivity contribution in [3.05, 3.63) is 54.4 Å². The summed E-state index contributed by atoms with van der Waals surface area (Å²) in [6.45, 7) is 0.800. The Bertz CT molecular complexity index is 425. The molecule has 1 aromatic carbocycles. The van der Waals surface area contributed by atoms with Gasteiger partial charge in [0.15, 0.2) is 0 Å². The van der Waals surface area contributed by atoms with Crippen LogP contribution in [0.1, 0.15) is 5.56 Å². The average molecular weight is 214 g/mol. The van der Waals surface area contributed by atoms with Crippen LogP contribution in [0.3, 0.4) is 0 Å². The van der Waals surface area contributed by atoms with Crippen molar-refractivity contribution in [3.63, 3.8) is 0 Å². The Morgan fingerprint density at radius 1 is 1.06 bits per heavy atom. The fourth-order valence-corrected chi connectivity index (χ4v) is 1.41. The third kappa shape index (κ3) is 2.73. The highest BCUT2D eigenvalue weighted by Crippen LogP contribution is 2.15. The first-order valence-corrected chi connectivity index (χ1v) is 5.15. The van der Waals surface area contributed by atoms with Crippen LogP contribution in [0.15, 0.2) is 48.8 Å². The van der Waals surface area contributed by atoms with E-state index in [0.717, 1.165) is 18.0 Å². The topological polar surface area (TPSA) is 34.1 Å². The summed E-state index contributed by atoms with van der Waals surface area (Å²) in [6.07, 6.45) is 3.59. The number of anilines is 1. The Morgan fingerprint density at radius 2 is 1.75 bits per heavy atom. The van der Waals surface area contributed by atoms with E-state index < -0.39 is 0 Å². The summed E-state index contributed by atoms with van der Waals surface area (Å²) in [6, 6.07) is 11.9. The zero-order chi connectivity index (χ0) is 11.2. The second-order valence-corrected chi connectivity index (χ2v) is 3.44. The van der Waals surface area contributed by atoms with Gasteiger partial charge in [0.1, 0.15) is 5.75 Å². The second-order valence-electron chi connectivity index (χ2n) is 3.44. The lowest BCUT2D eigenvalue weighted by Gasteiger charge is -2.07. The Kier molecular flexibility index (Phi) is 3.38. The minimum absolute atomic E-state index is 0.800. The van der Waals surface area contributed by atoms with Gasteiger partial charge in [-0.15, -0.1) is 0 Å². The molecule has 1 N–H and O–H groups in total. The Labute approximate surface area is 95.1 Å². The molecule has 0 bridgehead atoms. The number of nitrogens with zero attached hydrogens (tertiary/aromatic N) is 1. The molecule has 0 aliphatic heterocycles. The van der Waals surface area contributed by atoms with Gasteiger partial charge in [-0.25, -0.2) is 0 Å². The van der Waals surface area contributed by atoms with Crippen LogP contribution in [0.2, 0.25) is 0 Å². The summed E-state index contributed by atoms with van der Waals surface area (Å²) in [5.41, 5.74) is 2.29. The molecule has 1 heterocycles. The van der Waals surface area contributed by atoms with Crippen molar-refractivity contribution < 1.29 is 4.74 Å². The van der Waals surface area contributed by atoms with Gasteiger partial charge in [0.25, 0.3) is 0 Å². The van der Waals surface area contributed by atoms with Gasteiger partial charge in [0.05, 0.1) is 7.11 Å². The Hall–Kier alpha value is -2.03. The lowest BCUT2D eigenvalue weighted by molar-refractivity contribution is 0.415. The van der Waals surface area contributed by atoms with Gasteiger partial charge in [-0.05, 0) is 42.0 Å². The highest BCUT2D eigenvalue weighted by atomic mass is 16.5. The minimum atomic E-state index is 0.800. The second kappa shape index (κ2) is 5.16. The fraction of sp³-hybridized carbons (Fsp3) is 0.154. The normalized spacial score (nSPS) is 9.81. The van der Waals surface area contributed by atoms with Gasteiger partial charge in [0.2, 0.25) is 0 Å². The number of hydrogen-bond donors (Lipinski definition) is 1. The molecule has 0 amide bonds. The highest BCUT2D eigenvalue weighted by molar-refractivity contribution is 5.46. The molecule has 2 aromatic rings. The van der Waals surface area contributed by atoms with Crippen LogP contribution in [0.5, 0.6) is 5.75 Å². The molecule has 0 aliphatic rings. The van der Waals surface area contributed by atoms with E-state index in [2.05, 4.69) is 10.3 Å². The zero-order valence-corrected chi connectivity index (χ0v) is 9.18. The Balaban J connectivity index is 1.94. The molecule has 1 aromatic heterocycles. The maximum Gasteiger partial charge on any atom is 0.119 e. The lowest BCUT2D eigenvalue weighted by atomic mass is 10.2. The molecular weight excluding hydrogens is 200 g/mol. The summed E-state index contributed by atoms with van der Waals surface area (Å²) in [5.74, 6) is 0.870. The van der Waals surface area contributed by atoms with E-state index >= 15 is 0 Å². The van der Waals surface area contributed by atoms with Crippen molar-refractivity contribution in [3.8, 4) is 5.75 Å². The fourth-order valence-electron chi connectivity index (χ4n) is 1.41. The third-order valence-electron chi connectivity index (χ3n) is 2.34. The van der Waals surface area contributed by atoms with E-state index in [1.165, 1.54) is 5.56 Å². The first-order valence-electron chi connectivity index (χ1n) is 5.15. The van der Waals surface area contributed by atoms with Crippen molar-refractivity contribution in [2.75, 3.05) is 12.4 Å². The number of hydrogen-bond acceptors (Lipinski definition) is 3. The van der Waals surface area contributed by atoms with Crippen molar-refractivity contribution in [1.29, 1.82) is 0 Å². The monoisotopic (exact) mass is 214 g/mol. The van der Waals surface area contributed by atoms with Gasteiger partial charge in [0, 0.05) is 24.6 Å².